The van der Waals surface area contributed by atoms with Crippen LogP contribution < -0.4 is 0 Å². The first-order valence-electron chi connectivity index (χ1n) is 5.77. The average molecular weight is 276 g/mol. The van der Waals surface area contributed by atoms with E-state index in [4.69, 9.17) is 5.11 Å². The molecular weight excluding hydrogens is 263 g/mol. The summed E-state index contributed by atoms with van der Waals surface area (Å²) < 4.78 is 12.8. The summed E-state index contributed by atoms with van der Waals surface area (Å²) in [6.45, 7) is 1.78. The number of thioether (sulfide) groups is 1. The smallest absolute Gasteiger partial charge is 0.335 e. The van der Waals surface area contributed by atoms with E-state index in [-0.39, 0.29) is 5.82 Å². The van der Waals surface area contributed by atoms with E-state index in [0.29, 0.717) is 11.3 Å². The topological polar surface area (TPSA) is 37.3 Å². The van der Waals surface area contributed by atoms with E-state index in [0.717, 1.165) is 16.0 Å². The molecule has 0 radical (unpaired) electrons. The van der Waals surface area contributed by atoms with E-state index in [2.05, 4.69) is 0 Å². The Morgan fingerprint density at radius 2 is 1.89 bits per heavy atom. The summed E-state index contributed by atoms with van der Waals surface area (Å²) in [6.07, 6.45) is 0. The van der Waals surface area contributed by atoms with Crippen LogP contribution in [0.25, 0.3) is 0 Å². The summed E-state index contributed by atoms with van der Waals surface area (Å²) in [4.78, 5) is 11.9. The van der Waals surface area contributed by atoms with Crippen molar-refractivity contribution in [1.29, 1.82) is 0 Å². The second-order valence-electron chi connectivity index (χ2n) is 4.20. The van der Waals surface area contributed by atoms with Gasteiger partial charge in [-0.3, -0.25) is 0 Å². The van der Waals surface area contributed by atoms with Gasteiger partial charge in [-0.2, -0.15) is 0 Å². The van der Waals surface area contributed by atoms with Crippen LogP contribution in [0.4, 0.5) is 4.39 Å². The molecule has 4 heteroatoms. The Morgan fingerprint density at radius 1 is 1.21 bits per heavy atom. The zero-order valence-electron chi connectivity index (χ0n) is 10.4. The van der Waals surface area contributed by atoms with Gasteiger partial charge in [-0.1, -0.05) is 18.2 Å². The van der Waals surface area contributed by atoms with Gasteiger partial charge < -0.3 is 5.11 Å². The van der Waals surface area contributed by atoms with Crippen molar-refractivity contribution in [1.82, 2.24) is 0 Å². The number of carbonyl (C=O) groups is 1. The number of rotatable bonds is 4. The summed E-state index contributed by atoms with van der Waals surface area (Å²) >= 11 is 1.53. The third-order valence-corrected chi connectivity index (χ3v) is 3.82. The minimum atomic E-state index is -0.915. The summed E-state index contributed by atoms with van der Waals surface area (Å²) in [5, 5.41) is 9.05. The van der Waals surface area contributed by atoms with Crippen LogP contribution in [0.5, 0.6) is 0 Å². The number of aromatic carboxylic acids is 1. The van der Waals surface area contributed by atoms with Crippen LogP contribution in [-0.4, -0.2) is 11.1 Å². The van der Waals surface area contributed by atoms with Crippen molar-refractivity contribution in [2.45, 2.75) is 17.6 Å². The highest BCUT2D eigenvalue weighted by Crippen LogP contribution is 2.25. The van der Waals surface area contributed by atoms with Gasteiger partial charge in [-0.05, 0) is 42.3 Å². The van der Waals surface area contributed by atoms with Crippen LogP contribution in [-0.2, 0) is 5.75 Å². The molecule has 0 unspecified atom stereocenters. The monoisotopic (exact) mass is 276 g/mol. The molecule has 0 saturated heterocycles. The van der Waals surface area contributed by atoms with Gasteiger partial charge in [-0.15, -0.1) is 11.8 Å². The fourth-order valence-corrected chi connectivity index (χ4v) is 2.56. The largest absolute Gasteiger partial charge is 0.478 e. The molecule has 0 heterocycles. The summed E-state index contributed by atoms with van der Waals surface area (Å²) in [6, 6.07) is 11.7. The van der Waals surface area contributed by atoms with Crippen LogP contribution in [0.3, 0.4) is 0 Å². The van der Waals surface area contributed by atoms with Crippen molar-refractivity contribution in [3.8, 4) is 0 Å². The molecule has 0 amide bonds. The van der Waals surface area contributed by atoms with Crippen molar-refractivity contribution < 1.29 is 14.3 Å². The minimum absolute atomic E-state index is 0.253. The van der Waals surface area contributed by atoms with Crippen molar-refractivity contribution >= 4 is 17.7 Å². The third kappa shape index (κ3) is 3.58. The molecule has 0 fully saturated rings. The molecule has 19 heavy (non-hydrogen) atoms. The quantitative estimate of drug-likeness (QED) is 0.853. The Kier molecular flexibility index (Phi) is 4.22. The molecule has 98 valence electrons. The zero-order valence-corrected chi connectivity index (χ0v) is 11.2. The van der Waals surface area contributed by atoms with E-state index < -0.39 is 5.97 Å². The van der Waals surface area contributed by atoms with Gasteiger partial charge in [0.1, 0.15) is 5.82 Å². The highest BCUT2D eigenvalue weighted by molar-refractivity contribution is 7.98. The molecule has 1 N–H and O–H groups in total. The molecular formula is C15H13FO2S. The standard InChI is InChI=1S/C15H13FO2S/c1-10-2-7-13(8-14(10)15(17)18)19-9-11-3-5-12(16)6-4-11/h2-8H,9H2,1H3,(H,17,18). The molecule has 0 aromatic heterocycles. The third-order valence-electron chi connectivity index (χ3n) is 2.76. The fraction of sp³-hybridized carbons (Fsp3) is 0.133. The molecule has 2 aromatic rings. The van der Waals surface area contributed by atoms with Crippen molar-refractivity contribution in [2.75, 3.05) is 0 Å². The lowest BCUT2D eigenvalue weighted by Gasteiger charge is -2.05. The predicted molar refractivity (Wildman–Crippen MR) is 74.1 cm³/mol. The Morgan fingerprint density at radius 3 is 2.53 bits per heavy atom. The molecule has 0 bridgehead atoms. The molecule has 2 aromatic carbocycles. The van der Waals surface area contributed by atoms with Crippen molar-refractivity contribution in [3.05, 3.63) is 65.0 Å². The first-order chi connectivity index (χ1) is 9.06. The van der Waals surface area contributed by atoms with Gasteiger partial charge in [0.15, 0.2) is 0 Å². The van der Waals surface area contributed by atoms with Crippen LogP contribution in [0.1, 0.15) is 21.5 Å². The van der Waals surface area contributed by atoms with Crippen molar-refractivity contribution in [3.63, 3.8) is 0 Å². The van der Waals surface area contributed by atoms with Crippen molar-refractivity contribution in [2.24, 2.45) is 0 Å². The van der Waals surface area contributed by atoms with E-state index in [9.17, 15) is 9.18 Å². The summed E-state index contributed by atoms with van der Waals surface area (Å²) in [5.41, 5.74) is 2.08. The fourth-order valence-electron chi connectivity index (χ4n) is 1.67. The number of hydrogen-bond donors (Lipinski definition) is 1. The Labute approximate surface area is 115 Å². The van der Waals surface area contributed by atoms with E-state index >= 15 is 0 Å². The number of carboxylic acids is 1. The van der Waals surface area contributed by atoms with E-state index in [1.807, 2.05) is 6.07 Å². The van der Waals surface area contributed by atoms with Gasteiger partial charge in [0, 0.05) is 10.6 Å². The van der Waals surface area contributed by atoms with Crippen LogP contribution in [0.15, 0.2) is 47.4 Å². The zero-order chi connectivity index (χ0) is 13.8. The molecule has 0 aliphatic rings. The predicted octanol–water partition coefficient (Wildman–Crippen LogP) is 4.12. The Hall–Kier alpha value is -1.81. The second kappa shape index (κ2) is 5.89. The maximum absolute atomic E-state index is 12.8. The lowest BCUT2D eigenvalue weighted by atomic mass is 10.1. The molecule has 0 saturated carbocycles. The lowest BCUT2D eigenvalue weighted by Crippen LogP contribution is -1.99. The van der Waals surface area contributed by atoms with Gasteiger partial charge in [0.25, 0.3) is 0 Å². The van der Waals surface area contributed by atoms with Crippen LogP contribution >= 0.6 is 11.8 Å². The highest BCUT2D eigenvalue weighted by Gasteiger charge is 2.08. The molecule has 0 spiro atoms. The summed E-state index contributed by atoms with van der Waals surface area (Å²) in [7, 11) is 0. The Bertz CT molecular complexity index is 594. The Balaban J connectivity index is 2.09. The second-order valence-corrected chi connectivity index (χ2v) is 5.25. The first kappa shape index (κ1) is 13.6. The molecule has 0 aliphatic heterocycles. The maximum atomic E-state index is 12.8. The molecule has 2 rings (SSSR count). The normalized spacial score (nSPS) is 10.4. The van der Waals surface area contributed by atoms with E-state index in [1.54, 1.807) is 31.2 Å². The van der Waals surface area contributed by atoms with Crippen LogP contribution in [0.2, 0.25) is 0 Å². The SMILES string of the molecule is Cc1ccc(SCc2ccc(F)cc2)cc1C(=O)O. The number of halogens is 1. The molecule has 2 nitrogen and oxygen atoms in total. The molecule has 0 atom stereocenters. The molecule has 0 aliphatic carbocycles. The summed E-state index contributed by atoms with van der Waals surface area (Å²) in [5.74, 6) is -0.485. The number of aryl methyl sites for hydroxylation is 1. The average Bonchev–Trinajstić information content (AvgIpc) is 2.39. The first-order valence-corrected chi connectivity index (χ1v) is 6.76. The lowest BCUT2D eigenvalue weighted by molar-refractivity contribution is 0.0696. The minimum Gasteiger partial charge on any atom is -0.478 e. The van der Waals surface area contributed by atoms with Gasteiger partial charge in [0.2, 0.25) is 0 Å². The van der Waals surface area contributed by atoms with Crippen LogP contribution in [0, 0.1) is 12.7 Å². The number of benzene rings is 2. The van der Waals surface area contributed by atoms with Gasteiger partial charge in [-0.25, -0.2) is 9.18 Å². The van der Waals surface area contributed by atoms with E-state index in [1.165, 1.54) is 23.9 Å². The number of carboxylic acid groups (broad SMARTS) is 1. The number of hydrogen-bond acceptors (Lipinski definition) is 2. The van der Waals surface area contributed by atoms with Gasteiger partial charge >= 0.3 is 5.97 Å². The van der Waals surface area contributed by atoms with Gasteiger partial charge in [0.05, 0.1) is 5.56 Å². The highest BCUT2D eigenvalue weighted by atomic mass is 32.2. The maximum Gasteiger partial charge on any atom is 0.335 e.